The van der Waals surface area contributed by atoms with Gasteiger partial charge in [0.2, 0.25) is 10.0 Å². The molecule has 0 unspecified atom stereocenters. The molecule has 2 aromatic rings. The molecule has 2 rings (SSSR count). The fourth-order valence-electron chi connectivity index (χ4n) is 2.34. The van der Waals surface area contributed by atoms with Crippen LogP contribution in [-0.4, -0.2) is 8.42 Å². The monoisotopic (exact) mass is 289 g/mol. The predicted octanol–water partition coefficient (Wildman–Crippen LogP) is 3.43. The minimum absolute atomic E-state index is 0.136. The van der Waals surface area contributed by atoms with Crippen molar-refractivity contribution in [1.29, 1.82) is 0 Å². The number of hydrogen-bond acceptors (Lipinski definition) is 2. The number of aryl methyl sites for hydroxylation is 1. The fourth-order valence-corrected chi connectivity index (χ4v) is 2.86. The summed E-state index contributed by atoms with van der Waals surface area (Å²) >= 11 is 0. The number of sulfonamides is 1. The van der Waals surface area contributed by atoms with Crippen LogP contribution in [0.2, 0.25) is 0 Å². The second-order valence-electron chi connectivity index (χ2n) is 5.30. The van der Waals surface area contributed by atoms with E-state index < -0.39 is 10.0 Å². The average Bonchev–Trinajstić information content (AvgIpc) is 2.37. The number of benzene rings is 2. The molecule has 0 aromatic heterocycles. The molecule has 0 amide bonds. The predicted molar refractivity (Wildman–Crippen MR) is 82.1 cm³/mol. The zero-order chi connectivity index (χ0) is 14.9. The van der Waals surface area contributed by atoms with Crippen LogP contribution in [0.5, 0.6) is 0 Å². The van der Waals surface area contributed by atoms with Gasteiger partial charge in [-0.15, -0.1) is 0 Å². The third-order valence-electron chi connectivity index (χ3n) is 3.41. The van der Waals surface area contributed by atoms with Crippen molar-refractivity contribution in [3.05, 3.63) is 53.6 Å². The van der Waals surface area contributed by atoms with E-state index in [0.717, 1.165) is 11.1 Å². The van der Waals surface area contributed by atoms with Crippen LogP contribution < -0.4 is 5.14 Å². The van der Waals surface area contributed by atoms with Crippen molar-refractivity contribution in [2.75, 3.05) is 0 Å². The van der Waals surface area contributed by atoms with Gasteiger partial charge >= 0.3 is 0 Å². The Morgan fingerprint density at radius 1 is 0.950 bits per heavy atom. The van der Waals surface area contributed by atoms with Gasteiger partial charge < -0.3 is 0 Å². The number of nitrogens with two attached hydrogens (primary N) is 1. The summed E-state index contributed by atoms with van der Waals surface area (Å²) in [6.45, 7) is 6.43. The molecule has 0 radical (unpaired) electrons. The molecule has 0 saturated carbocycles. The lowest BCUT2D eigenvalue weighted by atomic mass is 9.94. The summed E-state index contributed by atoms with van der Waals surface area (Å²) in [6.07, 6.45) is 0. The van der Waals surface area contributed by atoms with Gasteiger partial charge in [0.25, 0.3) is 0 Å². The standard InChI is InChI=1S/C16H19NO2S/c1-11(2)16-9-6-14(10-12(16)3)13-4-7-15(8-5-13)20(17,18)19/h4-11H,1-3H3,(H2,17,18,19). The molecule has 0 heterocycles. The number of primary sulfonamides is 1. The van der Waals surface area contributed by atoms with E-state index in [4.69, 9.17) is 5.14 Å². The fraction of sp³-hybridized carbons (Fsp3) is 0.250. The van der Waals surface area contributed by atoms with Crippen LogP contribution in [0.25, 0.3) is 11.1 Å². The molecule has 0 aliphatic rings. The molecular formula is C16H19NO2S. The maximum absolute atomic E-state index is 11.2. The van der Waals surface area contributed by atoms with Crippen molar-refractivity contribution < 1.29 is 8.42 Å². The molecule has 3 nitrogen and oxygen atoms in total. The summed E-state index contributed by atoms with van der Waals surface area (Å²) in [5.41, 5.74) is 4.63. The lowest BCUT2D eigenvalue weighted by Gasteiger charge is -2.12. The first-order valence-electron chi connectivity index (χ1n) is 6.53. The lowest BCUT2D eigenvalue weighted by molar-refractivity contribution is 0.598. The van der Waals surface area contributed by atoms with Crippen LogP contribution in [0.1, 0.15) is 30.9 Å². The minimum Gasteiger partial charge on any atom is -0.225 e. The van der Waals surface area contributed by atoms with Crippen LogP contribution in [-0.2, 0) is 10.0 Å². The highest BCUT2D eigenvalue weighted by molar-refractivity contribution is 7.89. The molecule has 0 fully saturated rings. The van der Waals surface area contributed by atoms with Gasteiger partial charge in [0.15, 0.2) is 0 Å². The van der Waals surface area contributed by atoms with Gasteiger partial charge in [-0.1, -0.05) is 44.2 Å². The number of rotatable bonds is 3. The topological polar surface area (TPSA) is 60.2 Å². The molecule has 2 aromatic carbocycles. The summed E-state index contributed by atoms with van der Waals surface area (Å²) in [4.78, 5) is 0.136. The van der Waals surface area contributed by atoms with Gasteiger partial charge in [0, 0.05) is 0 Å². The Kier molecular flexibility index (Phi) is 3.97. The molecule has 0 saturated heterocycles. The van der Waals surface area contributed by atoms with E-state index in [9.17, 15) is 8.42 Å². The zero-order valence-corrected chi connectivity index (χ0v) is 12.7. The third-order valence-corrected chi connectivity index (χ3v) is 4.34. The smallest absolute Gasteiger partial charge is 0.225 e. The highest BCUT2D eigenvalue weighted by atomic mass is 32.2. The average molecular weight is 289 g/mol. The zero-order valence-electron chi connectivity index (χ0n) is 11.9. The van der Waals surface area contributed by atoms with Crippen LogP contribution in [0.3, 0.4) is 0 Å². The first kappa shape index (κ1) is 14.8. The molecule has 0 aliphatic carbocycles. The molecule has 0 aliphatic heterocycles. The lowest BCUT2D eigenvalue weighted by Crippen LogP contribution is -2.11. The van der Waals surface area contributed by atoms with E-state index in [1.165, 1.54) is 23.3 Å². The Bertz CT molecular complexity index is 717. The van der Waals surface area contributed by atoms with Crippen LogP contribution >= 0.6 is 0 Å². The third kappa shape index (κ3) is 3.08. The molecule has 0 atom stereocenters. The van der Waals surface area contributed by atoms with Crippen LogP contribution in [0.15, 0.2) is 47.4 Å². The highest BCUT2D eigenvalue weighted by Gasteiger charge is 2.09. The van der Waals surface area contributed by atoms with Crippen LogP contribution in [0, 0.1) is 6.92 Å². The Hall–Kier alpha value is -1.65. The minimum atomic E-state index is -3.63. The maximum atomic E-state index is 11.2. The van der Waals surface area contributed by atoms with Crippen molar-refractivity contribution in [3.8, 4) is 11.1 Å². The van der Waals surface area contributed by atoms with Crippen molar-refractivity contribution in [3.63, 3.8) is 0 Å². The summed E-state index contributed by atoms with van der Waals surface area (Å²) in [5, 5.41) is 5.10. The first-order valence-corrected chi connectivity index (χ1v) is 8.07. The first-order chi connectivity index (χ1) is 9.29. The molecule has 4 heteroatoms. The van der Waals surface area contributed by atoms with E-state index in [-0.39, 0.29) is 4.90 Å². The van der Waals surface area contributed by atoms with Gasteiger partial charge in [-0.2, -0.15) is 0 Å². The molecule has 0 spiro atoms. The molecular weight excluding hydrogens is 270 g/mol. The Balaban J connectivity index is 2.40. The van der Waals surface area contributed by atoms with Crippen molar-refractivity contribution in [2.24, 2.45) is 5.14 Å². The van der Waals surface area contributed by atoms with E-state index >= 15 is 0 Å². The highest BCUT2D eigenvalue weighted by Crippen LogP contribution is 2.26. The van der Waals surface area contributed by atoms with Gasteiger partial charge in [-0.3, -0.25) is 0 Å². The van der Waals surface area contributed by atoms with Crippen LogP contribution in [0.4, 0.5) is 0 Å². The quantitative estimate of drug-likeness (QED) is 0.941. The Morgan fingerprint density at radius 3 is 1.95 bits per heavy atom. The van der Waals surface area contributed by atoms with E-state index in [1.54, 1.807) is 12.1 Å². The molecule has 20 heavy (non-hydrogen) atoms. The molecule has 2 N–H and O–H groups in total. The Labute approximate surface area is 120 Å². The SMILES string of the molecule is Cc1cc(-c2ccc(S(N)(=O)=O)cc2)ccc1C(C)C. The van der Waals surface area contributed by atoms with Crippen molar-refractivity contribution >= 4 is 10.0 Å². The summed E-state index contributed by atoms with van der Waals surface area (Å²) in [7, 11) is -3.63. The normalized spacial score (nSPS) is 11.8. The van der Waals surface area contributed by atoms with Gasteiger partial charge in [0.05, 0.1) is 4.90 Å². The Morgan fingerprint density at radius 2 is 1.50 bits per heavy atom. The van der Waals surface area contributed by atoms with E-state index in [2.05, 4.69) is 39.0 Å². The van der Waals surface area contributed by atoms with Gasteiger partial charge in [-0.25, -0.2) is 13.6 Å². The second-order valence-corrected chi connectivity index (χ2v) is 6.86. The van der Waals surface area contributed by atoms with Crippen molar-refractivity contribution in [2.45, 2.75) is 31.6 Å². The molecule has 0 bridgehead atoms. The van der Waals surface area contributed by atoms with Gasteiger partial charge in [0.1, 0.15) is 0 Å². The number of hydrogen-bond donors (Lipinski definition) is 1. The molecule has 106 valence electrons. The summed E-state index contributed by atoms with van der Waals surface area (Å²) in [6, 6.07) is 13.0. The largest absolute Gasteiger partial charge is 0.238 e. The summed E-state index contributed by atoms with van der Waals surface area (Å²) in [5.74, 6) is 0.494. The van der Waals surface area contributed by atoms with Gasteiger partial charge in [-0.05, 0) is 47.2 Å². The maximum Gasteiger partial charge on any atom is 0.238 e. The van der Waals surface area contributed by atoms with E-state index in [0.29, 0.717) is 5.92 Å². The van der Waals surface area contributed by atoms with E-state index in [1.807, 2.05) is 0 Å². The second kappa shape index (κ2) is 5.38. The van der Waals surface area contributed by atoms with Crippen molar-refractivity contribution in [1.82, 2.24) is 0 Å². The summed E-state index contributed by atoms with van der Waals surface area (Å²) < 4.78 is 22.5.